The Bertz CT molecular complexity index is 966. The highest BCUT2D eigenvalue weighted by atomic mass is 35.5. The highest BCUT2D eigenvalue weighted by molar-refractivity contribution is 6.30. The van der Waals surface area contributed by atoms with Gasteiger partial charge in [-0.1, -0.05) is 30.2 Å². The monoisotopic (exact) mass is 410 g/mol. The molecule has 0 radical (unpaired) electrons. The largest absolute Gasteiger partial charge is 0.416 e. The lowest BCUT2D eigenvalue weighted by Crippen LogP contribution is -2.07. The molecule has 0 atom stereocenters. The number of hydrogen-bond acceptors (Lipinski definition) is 2. The van der Waals surface area contributed by atoms with E-state index in [1.165, 1.54) is 12.1 Å². The van der Waals surface area contributed by atoms with E-state index in [1.54, 1.807) is 10.7 Å². The summed E-state index contributed by atoms with van der Waals surface area (Å²) in [5.74, 6) is 0. The lowest BCUT2D eigenvalue weighted by molar-refractivity contribution is -0.137. The minimum atomic E-state index is -4.40. The van der Waals surface area contributed by atoms with Crippen LogP contribution in [-0.4, -0.2) is 21.5 Å². The van der Waals surface area contributed by atoms with Crippen LogP contribution < -0.4 is 0 Å². The number of hydrogen-bond donors (Lipinski definition) is 1. The average molecular weight is 411 g/mol. The van der Waals surface area contributed by atoms with Gasteiger partial charge in [0.25, 0.3) is 0 Å². The number of rotatable bonds is 7. The van der Waals surface area contributed by atoms with Crippen LogP contribution in [0.5, 0.6) is 0 Å². The molecule has 2 aromatic carbocycles. The molecule has 0 aliphatic carbocycles. The van der Waals surface area contributed by atoms with Gasteiger partial charge in [0.1, 0.15) is 0 Å². The number of aromatic nitrogens is 2. The van der Waals surface area contributed by atoms with Crippen molar-refractivity contribution in [3.63, 3.8) is 0 Å². The Morgan fingerprint density at radius 1 is 1.07 bits per heavy atom. The summed E-state index contributed by atoms with van der Waals surface area (Å²) in [5.41, 5.74) is 2.50. The van der Waals surface area contributed by atoms with E-state index >= 15 is 0 Å². The molecule has 0 spiro atoms. The fraction of sp³-hybridized carbons (Fsp3) is 0.381. The highest BCUT2D eigenvalue weighted by Crippen LogP contribution is 2.33. The topological polar surface area (TPSA) is 38.0 Å². The van der Waals surface area contributed by atoms with Crippen molar-refractivity contribution in [3.8, 4) is 0 Å². The molecule has 0 fully saturated rings. The summed E-state index contributed by atoms with van der Waals surface area (Å²) in [6.45, 7) is 2.43. The SMILES string of the molecule is Cc1cc(Cl)ccc1Cn1nc(CCCCCO)c2ccc(C(F)(F)F)cc21. The molecular formula is C21H22ClF3N2O. The molecule has 3 aromatic rings. The van der Waals surface area contributed by atoms with Crippen molar-refractivity contribution in [1.29, 1.82) is 0 Å². The molecule has 3 rings (SSSR count). The first-order valence-electron chi connectivity index (χ1n) is 9.22. The predicted molar refractivity (Wildman–Crippen MR) is 105 cm³/mol. The highest BCUT2D eigenvalue weighted by Gasteiger charge is 2.31. The summed E-state index contributed by atoms with van der Waals surface area (Å²) in [4.78, 5) is 0. The second-order valence-electron chi connectivity index (χ2n) is 6.94. The van der Waals surface area contributed by atoms with Crippen LogP contribution in [0.4, 0.5) is 13.2 Å². The van der Waals surface area contributed by atoms with Crippen molar-refractivity contribution in [3.05, 3.63) is 63.8 Å². The third-order valence-corrected chi connectivity index (χ3v) is 5.09. The molecule has 1 N–H and O–H groups in total. The Morgan fingerprint density at radius 3 is 2.54 bits per heavy atom. The zero-order chi connectivity index (χ0) is 20.3. The third kappa shape index (κ3) is 4.67. The summed E-state index contributed by atoms with van der Waals surface area (Å²) in [5, 5.41) is 14.9. The zero-order valence-electron chi connectivity index (χ0n) is 15.6. The van der Waals surface area contributed by atoms with Crippen LogP contribution in [0.15, 0.2) is 36.4 Å². The van der Waals surface area contributed by atoms with E-state index in [1.807, 2.05) is 19.1 Å². The minimum absolute atomic E-state index is 0.139. The maximum atomic E-state index is 13.2. The Hall–Kier alpha value is -2.05. The quantitative estimate of drug-likeness (QED) is 0.502. The van der Waals surface area contributed by atoms with E-state index in [0.29, 0.717) is 29.9 Å². The zero-order valence-corrected chi connectivity index (χ0v) is 16.3. The molecule has 0 aliphatic heterocycles. The molecule has 28 heavy (non-hydrogen) atoms. The van der Waals surface area contributed by atoms with E-state index < -0.39 is 11.7 Å². The van der Waals surface area contributed by atoms with Gasteiger partial charge in [-0.25, -0.2) is 0 Å². The number of benzene rings is 2. The van der Waals surface area contributed by atoms with Gasteiger partial charge in [-0.3, -0.25) is 4.68 Å². The van der Waals surface area contributed by atoms with Crippen LogP contribution in [0.25, 0.3) is 10.9 Å². The van der Waals surface area contributed by atoms with Crippen molar-refractivity contribution >= 4 is 22.5 Å². The van der Waals surface area contributed by atoms with Crippen molar-refractivity contribution in [2.24, 2.45) is 0 Å². The Morgan fingerprint density at radius 2 is 1.86 bits per heavy atom. The standard InChI is InChI=1S/C21H22ClF3N2O/c1-14-11-17(22)8-6-15(14)13-27-20-12-16(21(23,24)25)7-9-18(20)19(26-27)5-3-2-4-10-28/h6-9,11-12,28H,2-5,10,13H2,1H3. The second-order valence-corrected chi connectivity index (χ2v) is 7.38. The lowest BCUT2D eigenvalue weighted by atomic mass is 10.1. The number of alkyl halides is 3. The number of aliphatic hydroxyl groups is 1. The fourth-order valence-electron chi connectivity index (χ4n) is 3.30. The van der Waals surface area contributed by atoms with E-state index in [-0.39, 0.29) is 6.61 Å². The maximum absolute atomic E-state index is 13.2. The molecule has 1 aromatic heterocycles. The smallest absolute Gasteiger partial charge is 0.396 e. The fourth-order valence-corrected chi connectivity index (χ4v) is 3.53. The molecule has 0 saturated carbocycles. The minimum Gasteiger partial charge on any atom is -0.396 e. The van der Waals surface area contributed by atoms with E-state index in [2.05, 4.69) is 5.10 Å². The summed E-state index contributed by atoms with van der Waals surface area (Å²) in [6.07, 6.45) is -1.36. The first kappa shape index (κ1) is 20.7. The first-order valence-corrected chi connectivity index (χ1v) is 9.60. The van der Waals surface area contributed by atoms with Crippen LogP contribution >= 0.6 is 11.6 Å². The first-order chi connectivity index (χ1) is 13.3. The molecule has 0 aliphatic rings. The van der Waals surface area contributed by atoms with Crippen LogP contribution in [0, 0.1) is 6.92 Å². The van der Waals surface area contributed by atoms with Crippen LogP contribution in [-0.2, 0) is 19.1 Å². The van der Waals surface area contributed by atoms with Gasteiger partial charge >= 0.3 is 6.18 Å². The van der Waals surface area contributed by atoms with Crippen LogP contribution in [0.2, 0.25) is 5.02 Å². The van der Waals surface area contributed by atoms with Crippen LogP contribution in [0.1, 0.15) is 41.6 Å². The number of nitrogens with zero attached hydrogens (tertiary/aromatic N) is 2. The van der Waals surface area contributed by atoms with Gasteiger partial charge in [0.15, 0.2) is 0 Å². The summed E-state index contributed by atoms with van der Waals surface area (Å²) in [7, 11) is 0. The van der Waals surface area contributed by atoms with Gasteiger partial charge in [0.2, 0.25) is 0 Å². The van der Waals surface area contributed by atoms with Crippen LogP contribution in [0.3, 0.4) is 0 Å². The number of unbranched alkanes of at least 4 members (excludes halogenated alkanes) is 2. The molecule has 0 unspecified atom stereocenters. The predicted octanol–water partition coefficient (Wildman–Crippen LogP) is 5.77. The molecule has 1 heterocycles. The molecular weight excluding hydrogens is 389 g/mol. The number of aryl methyl sites for hydroxylation is 2. The summed E-state index contributed by atoms with van der Waals surface area (Å²) >= 11 is 6.01. The molecule has 150 valence electrons. The molecule has 0 saturated heterocycles. The van der Waals surface area contributed by atoms with Gasteiger partial charge in [0.05, 0.1) is 23.3 Å². The Labute approximate surface area is 166 Å². The van der Waals surface area contributed by atoms with E-state index in [0.717, 1.165) is 41.1 Å². The lowest BCUT2D eigenvalue weighted by Gasteiger charge is -2.10. The van der Waals surface area contributed by atoms with E-state index in [9.17, 15) is 13.2 Å². The van der Waals surface area contributed by atoms with Gasteiger partial charge < -0.3 is 5.11 Å². The van der Waals surface area contributed by atoms with Gasteiger partial charge in [0, 0.05) is 17.0 Å². The number of halogens is 4. The average Bonchev–Trinajstić information content (AvgIpc) is 2.97. The number of aliphatic hydroxyl groups excluding tert-OH is 1. The molecule has 3 nitrogen and oxygen atoms in total. The third-order valence-electron chi connectivity index (χ3n) is 4.85. The van der Waals surface area contributed by atoms with Crippen molar-refractivity contribution in [2.75, 3.05) is 6.61 Å². The van der Waals surface area contributed by atoms with Crippen molar-refractivity contribution in [1.82, 2.24) is 9.78 Å². The van der Waals surface area contributed by atoms with Gasteiger partial charge in [-0.15, -0.1) is 0 Å². The maximum Gasteiger partial charge on any atom is 0.416 e. The normalized spacial score (nSPS) is 12.1. The van der Waals surface area contributed by atoms with Gasteiger partial charge in [-0.05, 0) is 61.6 Å². The summed E-state index contributed by atoms with van der Waals surface area (Å²) in [6, 6.07) is 9.27. The second kappa shape index (κ2) is 8.53. The van der Waals surface area contributed by atoms with Gasteiger partial charge in [-0.2, -0.15) is 18.3 Å². The summed E-state index contributed by atoms with van der Waals surface area (Å²) < 4.78 is 41.3. The van der Waals surface area contributed by atoms with E-state index in [4.69, 9.17) is 16.7 Å². The van der Waals surface area contributed by atoms with Crippen molar-refractivity contribution in [2.45, 2.75) is 45.3 Å². The number of fused-ring (bicyclic) bond motifs is 1. The Kier molecular flexibility index (Phi) is 6.30. The molecule has 0 amide bonds. The molecule has 7 heteroatoms. The van der Waals surface area contributed by atoms with Crippen molar-refractivity contribution < 1.29 is 18.3 Å². The molecule has 0 bridgehead atoms. The Balaban J connectivity index is 2.00.